The number of guanidine groups is 1. The zero-order valence-electron chi connectivity index (χ0n) is 14.6. The van der Waals surface area contributed by atoms with Crippen LogP contribution in [-0.2, 0) is 15.2 Å². The van der Waals surface area contributed by atoms with E-state index in [2.05, 4.69) is 10.5 Å². The number of fused-ring (bicyclic) bond motifs is 1. The Labute approximate surface area is 155 Å². The molecular weight excluding hydrogens is 371 g/mol. The van der Waals surface area contributed by atoms with Crippen molar-refractivity contribution in [2.24, 2.45) is 11.1 Å². The Morgan fingerprint density at radius 1 is 1.38 bits per heavy atom. The van der Waals surface area contributed by atoms with Crippen molar-refractivity contribution in [3.8, 4) is 0 Å². The monoisotopic (exact) mass is 391 g/mol. The smallest absolute Gasteiger partial charge is 0.396 e. The minimum absolute atomic E-state index is 0.0436. The first kappa shape index (κ1) is 19.1. The van der Waals surface area contributed by atoms with Gasteiger partial charge in [0.2, 0.25) is 11.6 Å². The molecule has 1 N–H and O–H groups in total. The van der Waals surface area contributed by atoms with Crippen LogP contribution < -0.4 is 5.32 Å². The van der Waals surface area contributed by atoms with Gasteiger partial charge in [0.15, 0.2) is 0 Å². The lowest BCUT2D eigenvalue weighted by molar-refractivity contribution is -0.288. The lowest BCUT2D eigenvalue weighted by atomic mass is 9.90. The first-order valence-electron chi connectivity index (χ1n) is 8.44. The molecule has 1 aliphatic carbocycles. The summed E-state index contributed by atoms with van der Waals surface area (Å²) in [5.41, 5.74) is -2.31. The summed E-state index contributed by atoms with van der Waals surface area (Å²) in [6.07, 6.45) is -2.86. The van der Waals surface area contributed by atoms with Gasteiger partial charge in [0.25, 0.3) is 0 Å². The highest BCUT2D eigenvalue weighted by Crippen LogP contribution is 2.48. The molecular formula is C17H21ClF3N3O2. The van der Waals surface area contributed by atoms with E-state index in [4.69, 9.17) is 21.2 Å². The summed E-state index contributed by atoms with van der Waals surface area (Å²) in [4.78, 5) is 6.26. The first-order valence-corrected chi connectivity index (χ1v) is 8.82. The van der Waals surface area contributed by atoms with E-state index in [-0.39, 0.29) is 34.8 Å². The van der Waals surface area contributed by atoms with Crippen molar-refractivity contribution in [1.29, 1.82) is 0 Å². The van der Waals surface area contributed by atoms with E-state index in [0.717, 1.165) is 12.8 Å². The van der Waals surface area contributed by atoms with Crippen LogP contribution in [0.3, 0.4) is 0 Å². The largest absolute Gasteiger partial charge is 0.423 e. The SMILES string of the molecule is CCN1C[C@@](OCC2CC2)(C(F)(F)F)c2cc(Cl)ccc2N/C1=N\OC. The van der Waals surface area contributed by atoms with Gasteiger partial charge in [0, 0.05) is 22.8 Å². The molecule has 0 bridgehead atoms. The van der Waals surface area contributed by atoms with E-state index in [0.29, 0.717) is 6.54 Å². The standard InChI is InChI=1S/C17H21ClF3N3O2/c1-3-24-10-16(17(19,20)21,26-9-11-4-5-11)13-8-12(18)6-7-14(13)22-15(24)23-25-2/h6-8,11H,3-5,9-10H2,1-2H3,(H,22,23)/t16-/m0/s1. The number of anilines is 1. The van der Waals surface area contributed by atoms with Crippen LogP contribution in [0.25, 0.3) is 0 Å². The highest BCUT2D eigenvalue weighted by atomic mass is 35.5. The number of nitrogens with zero attached hydrogens (tertiary/aromatic N) is 2. The average molecular weight is 392 g/mol. The van der Waals surface area contributed by atoms with E-state index in [1.165, 1.54) is 30.2 Å². The fourth-order valence-electron chi connectivity index (χ4n) is 3.01. The summed E-state index contributed by atoms with van der Waals surface area (Å²) in [5, 5.41) is 6.99. The predicted octanol–water partition coefficient (Wildman–Crippen LogP) is 4.19. The second-order valence-corrected chi connectivity index (χ2v) is 6.94. The van der Waals surface area contributed by atoms with Gasteiger partial charge in [-0.1, -0.05) is 11.6 Å². The molecule has 1 aliphatic heterocycles. The van der Waals surface area contributed by atoms with Crippen LogP contribution in [0.2, 0.25) is 5.02 Å². The molecule has 1 fully saturated rings. The van der Waals surface area contributed by atoms with E-state index in [1.807, 2.05) is 0 Å². The first-order chi connectivity index (χ1) is 12.3. The number of hydrogen-bond donors (Lipinski definition) is 1. The highest BCUT2D eigenvalue weighted by molar-refractivity contribution is 6.30. The van der Waals surface area contributed by atoms with E-state index < -0.39 is 18.3 Å². The topological polar surface area (TPSA) is 46.1 Å². The molecule has 1 atom stereocenters. The summed E-state index contributed by atoms with van der Waals surface area (Å²) in [6.45, 7) is 1.65. The van der Waals surface area contributed by atoms with Gasteiger partial charge < -0.3 is 19.8 Å². The maximum Gasteiger partial charge on any atom is 0.423 e. The molecule has 0 saturated heterocycles. The third-order valence-corrected chi connectivity index (χ3v) is 4.89. The van der Waals surface area contributed by atoms with Gasteiger partial charge in [-0.15, -0.1) is 0 Å². The lowest BCUT2D eigenvalue weighted by Gasteiger charge is -2.38. The van der Waals surface area contributed by atoms with Crippen molar-refractivity contribution < 1.29 is 22.7 Å². The van der Waals surface area contributed by atoms with Gasteiger partial charge in [-0.25, -0.2) is 0 Å². The molecule has 0 unspecified atom stereocenters. The molecule has 5 nitrogen and oxygen atoms in total. The van der Waals surface area contributed by atoms with Crippen LogP contribution in [-0.4, -0.2) is 43.8 Å². The zero-order chi connectivity index (χ0) is 18.9. The van der Waals surface area contributed by atoms with E-state index in [1.54, 1.807) is 6.92 Å². The molecule has 0 radical (unpaired) electrons. The van der Waals surface area contributed by atoms with Crippen molar-refractivity contribution in [3.63, 3.8) is 0 Å². The molecule has 1 aromatic rings. The van der Waals surface area contributed by atoms with E-state index >= 15 is 0 Å². The van der Waals surface area contributed by atoms with Gasteiger partial charge >= 0.3 is 6.18 Å². The van der Waals surface area contributed by atoms with Gasteiger partial charge in [-0.05, 0) is 49.0 Å². The van der Waals surface area contributed by atoms with Crippen LogP contribution in [0.15, 0.2) is 23.4 Å². The Bertz CT molecular complexity index is 694. The number of halogens is 4. The summed E-state index contributed by atoms with van der Waals surface area (Å²) >= 11 is 6.03. The second-order valence-electron chi connectivity index (χ2n) is 6.51. The number of hydrogen-bond acceptors (Lipinski definition) is 3. The number of rotatable bonds is 5. The van der Waals surface area contributed by atoms with Crippen LogP contribution in [0, 0.1) is 5.92 Å². The van der Waals surface area contributed by atoms with Crippen molar-refractivity contribution in [1.82, 2.24) is 4.90 Å². The highest BCUT2D eigenvalue weighted by Gasteiger charge is 2.60. The van der Waals surface area contributed by atoms with Crippen LogP contribution in [0.5, 0.6) is 0 Å². The number of alkyl halides is 3. The lowest BCUT2D eigenvalue weighted by Crippen LogP contribution is -2.53. The van der Waals surface area contributed by atoms with Crippen LogP contribution in [0.1, 0.15) is 25.3 Å². The number of benzene rings is 1. The Balaban J connectivity index is 2.15. The fourth-order valence-corrected chi connectivity index (χ4v) is 3.18. The van der Waals surface area contributed by atoms with Gasteiger partial charge in [0.05, 0.1) is 13.2 Å². The van der Waals surface area contributed by atoms with Crippen molar-refractivity contribution in [3.05, 3.63) is 28.8 Å². The maximum atomic E-state index is 14.4. The third kappa shape index (κ3) is 3.57. The molecule has 1 heterocycles. The quantitative estimate of drug-likeness (QED) is 0.764. The molecule has 0 amide bonds. The molecule has 144 valence electrons. The summed E-state index contributed by atoms with van der Waals surface area (Å²) in [5.74, 6) is 0.370. The van der Waals surface area contributed by atoms with Crippen LogP contribution in [0.4, 0.5) is 18.9 Å². The Kier molecular flexibility index (Phi) is 5.25. The Morgan fingerprint density at radius 3 is 2.69 bits per heavy atom. The van der Waals surface area contributed by atoms with Crippen molar-refractivity contribution in [2.75, 3.05) is 32.1 Å². The van der Waals surface area contributed by atoms with Crippen molar-refractivity contribution >= 4 is 23.2 Å². The van der Waals surface area contributed by atoms with Crippen LogP contribution >= 0.6 is 11.6 Å². The fraction of sp³-hybridized carbons (Fsp3) is 0.588. The van der Waals surface area contributed by atoms with E-state index in [9.17, 15) is 13.2 Å². The second kappa shape index (κ2) is 7.15. The number of likely N-dealkylation sites (N-methyl/N-ethyl adjacent to an activating group) is 1. The summed E-state index contributed by atoms with van der Waals surface area (Å²) in [7, 11) is 1.34. The zero-order valence-corrected chi connectivity index (χ0v) is 15.3. The number of ether oxygens (including phenoxy) is 1. The number of oxime groups is 1. The summed E-state index contributed by atoms with van der Waals surface area (Å²) < 4.78 is 48.8. The minimum Gasteiger partial charge on any atom is -0.396 e. The number of nitrogens with one attached hydrogen (secondary N) is 1. The molecule has 3 rings (SSSR count). The molecule has 9 heteroatoms. The molecule has 1 saturated carbocycles. The minimum atomic E-state index is -4.64. The maximum absolute atomic E-state index is 14.4. The van der Waals surface area contributed by atoms with Gasteiger partial charge in [-0.2, -0.15) is 13.2 Å². The van der Waals surface area contributed by atoms with Gasteiger partial charge in [0.1, 0.15) is 7.11 Å². The molecule has 0 aromatic heterocycles. The summed E-state index contributed by atoms with van der Waals surface area (Å²) in [6, 6.07) is 4.35. The van der Waals surface area contributed by atoms with Gasteiger partial charge in [-0.3, -0.25) is 0 Å². The Morgan fingerprint density at radius 2 is 2.12 bits per heavy atom. The van der Waals surface area contributed by atoms with Crippen molar-refractivity contribution in [2.45, 2.75) is 31.5 Å². The molecule has 26 heavy (non-hydrogen) atoms. The normalized spacial score (nSPS) is 24.8. The Hall–Kier alpha value is -1.67. The third-order valence-electron chi connectivity index (χ3n) is 4.66. The predicted molar refractivity (Wildman–Crippen MR) is 93.2 cm³/mol. The molecule has 1 aromatic carbocycles. The molecule has 2 aliphatic rings. The molecule has 0 spiro atoms. The average Bonchev–Trinajstić information content (AvgIpc) is 3.40.